The standard InChI is InChI=1S/C37H57ClN4O4/c1-7-8-26(3)34(43)42(29-15-9-25(2)10-16-29)30-21-33(36(45)39-17-19-46-20-18-39)41(22-30)35(44)32-24-40(37(4,5)6)23-31(32)27-11-13-28(38)14-12-27/h11-14,25-26,29-33H,7-10,15-24H2,1-6H3/t25?,26?,29?,30-,31-,32+,33-/m0/s1. The molecule has 0 bridgehead atoms. The Labute approximate surface area is 282 Å². The lowest BCUT2D eigenvalue weighted by atomic mass is 9.85. The number of nitrogens with zero attached hydrogens (tertiary/aromatic N) is 4. The van der Waals surface area contributed by atoms with Crippen molar-refractivity contribution in [2.24, 2.45) is 17.8 Å². The first-order chi connectivity index (χ1) is 21.9. The van der Waals surface area contributed by atoms with Crippen molar-refractivity contribution < 1.29 is 19.1 Å². The molecule has 0 N–H and O–H groups in total. The van der Waals surface area contributed by atoms with E-state index in [4.69, 9.17) is 16.3 Å². The highest BCUT2D eigenvalue weighted by Crippen LogP contribution is 2.40. The van der Waals surface area contributed by atoms with Crippen molar-refractivity contribution in [2.75, 3.05) is 45.9 Å². The molecule has 3 amide bonds. The number of carbonyl (C=O) groups is 3. The van der Waals surface area contributed by atoms with Crippen LogP contribution in [0.3, 0.4) is 0 Å². The van der Waals surface area contributed by atoms with Crippen molar-refractivity contribution >= 4 is 29.3 Å². The second-order valence-electron chi connectivity index (χ2n) is 15.5. The third-order valence-electron chi connectivity index (χ3n) is 11.2. The van der Waals surface area contributed by atoms with E-state index in [1.165, 1.54) is 0 Å². The zero-order chi connectivity index (χ0) is 33.2. The molecule has 256 valence electrons. The fraction of sp³-hybridized carbons (Fsp3) is 0.757. The van der Waals surface area contributed by atoms with Gasteiger partial charge in [0.25, 0.3) is 0 Å². The van der Waals surface area contributed by atoms with Crippen LogP contribution in [-0.2, 0) is 19.1 Å². The number of rotatable bonds is 8. The zero-order valence-electron chi connectivity index (χ0n) is 29.1. The lowest BCUT2D eigenvalue weighted by Gasteiger charge is -2.41. The van der Waals surface area contributed by atoms with Crippen molar-refractivity contribution in [3.63, 3.8) is 0 Å². The fourth-order valence-electron chi connectivity index (χ4n) is 8.34. The van der Waals surface area contributed by atoms with Gasteiger partial charge in [-0.15, -0.1) is 0 Å². The number of amides is 3. The van der Waals surface area contributed by atoms with Gasteiger partial charge in [0.1, 0.15) is 6.04 Å². The van der Waals surface area contributed by atoms with E-state index in [1.54, 1.807) is 0 Å². The van der Waals surface area contributed by atoms with Crippen molar-refractivity contribution in [3.8, 4) is 0 Å². The predicted molar refractivity (Wildman–Crippen MR) is 183 cm³/mol. The molecule has 3 heterocycles. The van der Waals surface area contributed by atoms with Crippen LogP contribution in [0.25, 0.3) is 0 Å². The van der Waals surface area contributed by atoms with Crippen molar-refractivity contribution in [2.45, 2.75) is 116 Å². The van der Waals surface area contributed by atoms with E-state index in [0.717, 1.165) is 50.6 Å². The third kappa shape index (κ3) is 7.76. The Morgan fingerprint density at radius 2 is 1.61 bits per heavy atom. The van der Waals surface area contributed by atoms with Crippen molar-refractivity contribution in [3.05, 3.63) is 34.9 Å². The van der Waals surface area contributed by atoms with E-state index in [-0.39, 0.29) is 53.1 Å². The van der Waals surface area contributed by atoms with Gasteiger partial charge in [-0.1, -0.05) is 50.9 Å². The molecule has 0 spiro atoms. The molecule has 1 aliphatic carbocycles. The van der Waals surface area contributed by atoms with Gasteiger partial charge in [0.15, 0.2) is 0 Å². The Bertz CT molecular complexity index is 1200. The van der Waals surface area contributed by atoms with Crippen LogP contribution in [0.5, 0.6) is 0 Å². The van der Waals surface area contributed by atoms with Crippen LogP contribution in [0, 0.1) is 17.8 Å². The van der Waals surface area contributed by atoms with E-state index >= 15 is 0 Å². The predicted octanol–water partition coefficient (Wildman–Crippen LogP) is 5.83. The van der Waals surface area contributed by atoms with Crippen LogP contribution in [0.4, 0.5) is 0 Å². The molecule has 0 radical (unpaired) electrons. The number of likely N-dealkylation sites (tertiary alicyclic amines) is 2. The quantitative estimate of drug-likeness (QED) is 0.352. The van der Waals surface area contributed by atoms with E-state index < -0.39 is 6.04 Å². The molecule has 1 unspecified atom stereocenters. The molecule has 8 nitrogen and oxygen atoms in total. The smallest absolute Gasteiger partial charge is 0.245 e. The summed E-state index contributed by atoms with van der Waals surface area (Å²) in [7, 11) is 0. The minimum atomic E-state index is -0.579. The average Bonchev–Trinajstić information content (AvgIpc) is 3.68. The normalized spacial score (nSPS) is 30.0. The van der Waals surface area contributed by atoms with Gasteiger partial charge in [0, 0.05) is 61.2 Å². The summed E-state index contributed by atoms with van der Waals surface area (Å²) in [5, 5.41) is 0.676. The molecule has 0 aromatic heterocycles. The Hall–Kier alpha value is -2.16. The fourth-order valence-corrected chi connectivity index (χ4v) is 8.47. The molecule has 3 aliphatic heterocycles. The Morgan fingerprint density at radius 1 is 0.957 bits per heavy atom. The molecule has 3 saturated heterocycles. The third-order valence-corrected chi connectivity index (χ3v) is 11.5. The van der Waals surface area contributed by atoms with E-state index in [1.807, 2.05) is 34.1 Å². The molecule has 1 aromatic rings. The number of ether oxygens (including phenoxy) is 1. The highest BCUT2D eigenvalue weighted by atomic mass is 35.5. The summed E-state index contributed by atoms with van der Waals surface area (Å²) in [5.41, 5.74) is 0.996. The van der Waals surface area contributed by atoms with Crippen LogP contribution in [0.1, 0.15) is 98.0 Å². The molecular formula is C37H57ClN4O4. The maximum absolute atomic E-state index is 14.9. The van der Waals surface area contributed by atoms with Gasteiger partial charge in [0.05, 0.1) is 25.2 Å². The molecular weight excluding hydrogens is 600 g/mol. The molecule has 4 fully saturated rings. The lowest BCUT2D eigenvalue weighted by Crippen LogP contribution is -2.53. The summed E-state index contributed by atoms with van der Waals surface area (Å²) in [6.45, 7) is 17.0. The number of benzene rings is 1. The number of halogens is 1. The molecule has 9 heteroatoms. The Kier molecular flexibility index (Phi) is 11.4. The SMILES string of the molecule is CCCC(C)C(=O)N(C1CCC(C)CC1)[C@H]1C[C@@H](C(=O)N2CCOCC2)N(C(=O)[C@@H]2CN(C(C)(C)C)C[C@H]2c2ccc(Cl)cc2)C1. The first kappa shape index (κ1) is 35.2. The molecule has 1 saturated carbocycles. The average molecular weight is 657 g/mol. The summed E-state index contributed by atoms with van der Waals surface area (Å²) < 4.78 is 5.57. The van der Waals surface area contributed by atoms with E-state index in [2.05, 4.69) is 51.3 Å². The van der Waals surface area contributed by atoms with Crippen LogP contribution in [0.15, 0.2) is 24.3 Å². The largest absolute Gasteiger partial charge is 0.378 e. The monoisotopic (exact) mass is 656 g/mol. The maximum Gasteiger partial charge on any atom is 0.245 e. The maximum atomic E-state index is 14.9. The number of morpholine rings is 1. The number of hydrogen-bond donors (Lipinski definition) is 0. The van der Waals surface area contributed by atoms with Gasteiger partial charge in [-0.2, -0.15) is 0 Å². The molecule has 5 atom stereocenters. The summed E-state index contributed by atoms with van der Waals surface area (Å²) >= 11 is 6.27. The van der Waals surface area contributed by atoms with Crippen LogP contribution >= 0.6 is 11.6 Å². The molecule has 1 aromatic carbocycles. The second kappa shape index (κ2) is 14.9. The van der Waals surface area contributed by atoms with Gasteiger partial charge in [-0.25, -0.2) is 0 Å². The molecule has 4 aliphatic rings. The van der Waals surface area contributed by atoms with Gasteiger partial charge in [-0.05, 0) is 82.9 Å². The van der Waals surface area contributed by atoms with Crippen LogP contribution < -0.4 is 0 Å². The summed E-state index contributed by atoms with van der Waals surface area (Å²) in [6, 6.07) is 7.31. The van der Waals surface area contributed by atoms with Gasteiger partial charge in [-0.3, -0.25) is 19.3 Å². The number of hydrogen-bond acceptors (Lipinski definition) is 5. The Morgan fingerprint density at radius 3 is 2.22 bits per heavy atom. The first-order valence-electron chi connectivity index (χ1n) is 17.9. The highest BCUT2D eigenvalue weighted by molar-refractivity contribution is 6.30. The second-order valence-corrected chi connectivity index (χ2v) is 16.0. The minimum Gasteiger partial charge on any atom is -0.378 e. The van der Waals surface area contributed by atoms with E-state index in [0.29, 0.717) is 56.8 Å². The highest BCUT2D eigenvalue weighted by Gasteiger charge is 2.51. The summed E-state index contributed by atoms with van der Waals surface area (Å²) in [6.07, 6.45) is 6.48. The van der Waals surface area contributed by atoms with Crippen LogP contribution in [0.2, 0.25) is 5.02 Å². The first-order valence-corrected chi connectivity index (χ1v) is 18.3. The zero-order valence-corrected chi connectivity index (χ0v) is 29.8. The molecule has 46 heavy (non-hydrogen) atoms. The summed E-state index contributed by atoms with van der Waals surface area (Å²) in [5.74, 6) is 0.508. The molecule has 5 rings (SSSR count). The Balaban J connectivity index is 1.48. The lowest BCUT2D eigenvalue weighted by molar-refractivity contribution is -0.148. The van der Waals surface area contributed by atoms with Crippen LogP contribution in [-0.4, -0.2) is 107 Å². The van der Waals surface area contributed by atoms with Crippen molar-refractivity contribution in [1.29, 1.82) is 0 Å². The summed E-state index contributed by atoms with van der Waals surface area (Å²) in [4.78, 5) is 51.8. The number of carbonyl (C=O) groups excluding carboxylic acids is 3. The van der Waals surface area contributed by atoms with Gasteiger partial charge >= 0.3 is 0 Å². The van der Waals surface area contributed by atoms with Crippen molar-refractivity contribution in [1.82, 2.24) is 19.6 Å². The van der Waals surface area contributed by atoms with E-state index in [9.17, 15) is 14.4 Å². The van der Waals surface area contributed by atoms with Gasteiger partial charge in [0.2, 0.25) is 17.7 Å². The minimum absolute atomic E-state index is 0.000797. The van der Waals surface area contributed by atoms with Gasteiger partial charge < -0.3 is 19.4 Å². The topological polar surface area (TPSA) is 73.4 Å².